The third-order valence-electron chi connectivity index (χ3n) is 3.14. The van der Waals surface area contributed by atoms with Crippen molar-refractivity contribution in [3.05, 3.63) is 28.8 Å². The van der Waals surface area contributed by atoms with Gasteiger partial charge in [-0.05, 0) is 38.3 Å². The van der Waals surface area contributed by atoms with Crippen LogP contribution in [0.2, 0.25) is 0 Å². The van der Waals surface area contributed by atoms with E-state index < -0.39 is 0 Å². The van der Waals surface area contributed by atoms with Crippen LogP contribution in [0.3, 0.4) is 0 Å². The van der Waals surface area contributed by atoms with Gasteiger partial charge in [0.05, 0.1) is 5.69 Å². The maximum Gasteiger partial charge on any atom is 0.233 e. The number of anilines is 1. The minimum absolute atomic E-state index is 0.0729. The molecule has 3 nitrogen and oxygen atoms in total. The van der Waals surface area contributed by atoms with E-state index in [1.54, 1.807) is 0 Å². The molecule has 0 aromatic heterocycles. The van der Waals surface area contributed by atoms with Gasteiger partial charge < -0.3 is 0 Å². The van der Waals surface area contributed by atoms with Crippen LogP contribution >= 0.6 is 0 Å². The van der Waals surface area contributed by atoms with Gasteiger partial charge in [-0.3, -0.25) is 14.5 Å². The summed E-state index contributed by atoms with van der Waals surface area (Å²) >= 11 is 0. The number of nitrogens with zero attached hydrogens (tertiary/aromatic N) is 1. The van der Waals surface area contributed by atoms with Gasteiger partial charge in [-0.1, -0.05) is 17.7 Å². The lowest BCUT2D eigenvalue weighted by atomic mass is 10.0. The topological polar surface area (TPSA) is 37.4 Å². The van der Waals surface area contributed by atoms with Gasteiger partial charge in [-0.2, -0.15) is 0 Å². The van der Waals surface area contributed by atoms with Gasteiger partial charge in [0.1, 0.15) is 0 Å². The summed E-state index contributed by atoms with van der Waals surface area (Å²) in [6.07, 6.45) is 1.62. The van der Waals surface area contributed by atoms with E-state index in [1.807, 2.05) is 32.9 Å². The van der Waals surface area contributed by atoms with Crippen molar-refractivity contribution < 1.29 is 9.59 Å². The van der Waals surface area contributed by atoms with Crippen molar-refractivity contribution in [3.63, 3.8) is 0 Å². The average molecular weight is 231 g/mol. The first kappa shape index (κ1) is 11.8. The van der Waals surface area contributed by atoms with Crippen molar-refractivity contribution >= 4 is 17.5 Å². The second kappa shape index (κ2) is 4.32. The molecular weight excluding hydrogens is 214 g/mol. The third-order valence-corrected chi connectivity index (χ3v) is 3.14. The van der Waals surface area contributed by atoms with Gasteiger partial charge in [0, 0.05) is 12.8 Å². The Morgan fingerprint density at radius 1 is 0.941 bits per heavy atom. The largest absolute Gasteiger partial charge is 0.274 e. The fraction of sp³-hybridized carbons (Fsp3) is 0.429. The highest BCUT2D eigenvalue weighted by Crippen LogP contribution is 2.29. The highest BCUT2D eigenvalue weighted by Gasteiger charge is 2.29. The summed E-state index contributed by atoms with van der Waals surface area (Å²) in [5, 5.41) is 0. The average Bonchev–Trinajstić information content (AvgIpc) is 2.21. The molecule has 0 atom stereocenters. The number of piperidine rings is 1. The van der Waals surface area contributed by atoms with Gasteiger partial charge in [0.25, 0.3) is 0 Å². The highest BCUT2D eigenvalue weighted by atomic mass is 16.2. The van der Waals surface area contributed by atoms with E-state index in [9.17, 15) is 9.59 Å². The van der Waals surface area contributed by atoms with Gasteiger partial charge in [-0.25, -0.2) is 0 Å². The maximum absolute atomic E-state index is 11.9. The minimum Gasteiger partial charge on any atom is -0.274 e. The van der Waals surface area contributed by atoms with Crippen molar-refractivity contribution in [1.29, 1.82) is 0 Å². The highest BCUT2D eigenvalue weighted by molar-refractivity contribution is 6.17. The number of carbonyl (C=O) groups excluding carboxylic acids is 2. The van der Waals surface area contributed by atoms with E-state index in [1.165, 1.54) is 4.90 Å². The minimum atomic E-state index is -0.0729. The summed E-state index contributed by atoms with van der Waals surface area (Å²) in [7, 11) is 0. The number of aryl methyl sites for hydroxylation is 3. The Morgan fingerprint density at radius 3 is 1.88 bits per heavy atom. The quantitative estimate of drug-likeness (QED) is 0.697. The molecule has 0 bridgehead atoms. The van der Waals surface area contributed by atoms with E-state index in [4.69, 9.17) is 0 Å². The Labute approximate surface area is 101 Å². The summed E-state index contributed by atoms with van der Waals surface area (Å²) in [6, 6.07) is 4.02. The SMILES string of the molecule is Cc1cc(C)c(N2C(=O)CCCC2=O)c(C)c1. The van der Waals surface area contributed by atoms with Crippen LogP contribution in [0.15, 0.2) is 12.1 Å². The molecule has 1 aliphatic heterocycles. The first-order chi connectivity index (χ1) is 8.00. The number of amides is 2. The second-order valence-electron chi connectivity index (χ2n) is 4.72. The molecule has 0 unspecified atom stereocenters. The standard InChI is InChI=1S/C14H17NO2/c1-9-7-10(2)14(11(3)8-9)15-12(16)5-4-6-13(15)17/h7-8H,4-6H2,1-3H3. The van der Waals surface area contributed by atoms with Crippen LogP contribution in [0.4, 0.5) is 5.69 Å². The Bertz CT molecular complexity index is 452. The smallest absolute Gasteiger partial charge is 0.233 e. The molecule has 1 saturated heterocycles. The first-order valence-electron chi connectivity index (χ1n) is 5.94. The Kier molecular flexibility index (Phi) is 3.01. The van der Waals surface area contributed by atoms with Gasteiger partial charge in [0.2, 0.25) is 11.8 Å². The fourth-order valence-electron chi connectivity index (χ4n) is 2.53. The normalized spacial score (nSPS) is 16.5. The molecule has 1 heterocycles. The van der Waals surface area contributed by atoms with Gasteiger partial charge in [0.15, 0.2) is 0 Å². The number of hydrogen-bond donors (Lipinski definition) is 0. The number of rotatable bonds is 1. The van der Waals surface area contributed by atoms with Crippen molar-refractivity contribution in [2.45, 2.75) is 40.0 Å². The molecule has 2 rings (SSSR count). The van der Waals surface area contributed by atoms with E-state index in [0.29, 0.717) is 19.3 Å². The molecule has 17 heavy (non-hydrogen) atoms. The number of hydrogen-bond acceptors (Lipinski definition) is 2. The fourth-order valence-corrected chi connectivity index (χ4v) is 2.53. The van der Waals surface area contributed by atoms with Crippen LogP contribution in [0, 0.1) is 20.8 Å². The lowest BCUT2D eigenvalue weighted by Gasteiger charge is -2.28. The van der Waals surface area contributed by atoms with Crippen LogP contribution in [-0.4, -0.2) is 11.8 Å². The van der Waals surface area contributed by atoms with E-state index in [2.05, 4.69) is 0 Å². The summed E-state index contributed by atoms with van der Waals surface area (Å²) in [5.74, 6) is -0.146. The Morgan fingerprint density at radius 2 is 1.41 bits per heavy atom. The molecular formula is C14H17NO2. The molecule has 0 spiro atoms. The summed E-state index contributed by atoms with van der Waals surface area (Å²) in [4.78, 5) is 25.2. The summed E-state index contributed by atoms with van der Waals surface area (Å²) < 4.78 is 0. The van der Waals surface area contributed by atoms with Crippen LogP contribution in [0.5, 0.6) is 0 Å². The maximum atomic E-state index is 11.9. The zero-order valence-corrected chi connectivity index (χ0v) is 10.5. The Hall–Kier alpha value is -1.64. The monoisotopic (exact) mass is 231 g/mol. The number of imide groups is 1. The summed E-state index contributed by atoms with van der Waals surface area (Å²) in [6.45, 7) is 5.92. The molecule has 1 aromatic carbocycles. The van der Waals surface area contributed by atoms with Crippen LogP contribution in [0.1, 0.15) is 36.0 Å². The molecule has 0 radical (unpaired) electrons. The molecule has 3 heteroatoms. The molecule has 90 valence electrons. The predicted molar refractivity (Wildman–Crippen MR) is 67.0 cm³/mol. The summed E-state index contributed by atoms with van der Waals surface area (Å²) in [5.41, 5.74) is 3.92. The molecule has 0 N–H and O–H groups in total. The zero-order chi connectivity index (χ0) is 12.6. The Balaban J connectivity index is 2.52. The predicted octanol–water partition coefficient (Wildman–Crippen LogP) is 2.66. The van der Waals surface area contributed by atoms with E-state index in [0.717, 1.165) is 22.4 Å². The number of benzene rings is 1. The van der Waals surface area contributed by atoms with Crippen LogP contribution in [0.25, 0.3) is 0 Å². The second-order valence-corrected chi connectivity index (χ2v) is 4.72. The lowest BCUT2D eigenvalue weighted by Crippen LogP contribution is -2.41. The van der Waals surface area contributed by atoms with Crippen molar-refractivity contribution in [2.75, 3.05) is 4.90 Å². The van der Waals surface area contributed by atoms with Gasteiger partial charge >= 0.3 is 0 Å². The first-order valence-corrected chi connectivity index (χ1v) is 5.94. The molecule has 0 aliphatic carbocycles. The zero-order valence-electron chi connectivity index (χ0n) is 10.5. The van der Waals surface area contributed by atoms with E-state index in [-0.39, 0.29) is 11.8 Å². The van der Waals surface area contributed by atoms with Crippen molar-refractivity contribution in [3.8, 4) is 0 Å². The molecule has 2 amide bonds. The van der Waals surface area contributed by atoms with Gasteiger partial charge in [-0.15, -0.1) is 0 Å². The molecule has 0 saturated carbocycles. The van der Waals surface area contributed by atoms with Crippen molar-refractivity contribution in [2.24, 2.45) is 0 Å². The molecule has 1 fully saturated rings. The molecule has 1 aromatic rings. The third kappa shape index (κ3) is 2.09. The van der Waals surface area contributed by atoms with Crippen LogP contribution in [-0.2, 0) is 9.59 Å². The lowest BCUT2D eigenvalue weighted by molar-refractivity contribution is -0.129. The van der Waals surface area contributed by atoms with Crippen LogP contribution < -0.4 is 4.90 Å². The number of carbonyl (C=O) groups is 2. The van der Waals surface area contributed by atoms with E-state index >= 15 is 0 Å². The molecule has 1 aliphatic rings. The van der Waals surface area contributed by atoms with Crippen molar-refractivity contribution in [1.82, 2.24) is 0 Å².